The first-order valence-electron chi connectivity index (χ1n) is 9.65. The molecule has 0 atom stereocenters. The lowest BCUT2D eigenvalue weighted by molar-refractivity contribution is -0.129. The third kappa shape index (κ3) is 4.86. The predicted octanol–water partition coefficient (Wildman–Crippen LogP) is 5.12. The van der Waals surface area contributed by atoms with E-state index in [2.05, 4.69) is 25.8 Å². The zero-order valence-corrected chi connectivity index (χ0v) is 17.8. The maximum atomic E-state index is 12.3. The first-order valence-corrected chi connectivity index (χ1v) is 9.65. The molecule has 3 rings (SSSR count). The summed E-state index contributed by atoms with van der Waals surface area (Å²) in [6, 6.07) is 13.4. The lowest BCUT2D eigenvalue weighted by Gasteiger charge is -2.18. The fourth-order valence-electron chi connectivity index (χ4n) is 2.93. The van der Waals surface area contributed by atoms with Crippen molar-refractivity contribution in [2.45, 2.75) is 46.1 Å². The maximum absolute atomic E-state index is 12.3. The molecule has 0 bridgehead atoms. The Balaban J connectivity index is 1.87. The molecular formula is C24H27NO4. The Hall–Kier alpha value is -3.08. The molecule has 1 aliphatic heterocycles. The van der Waals surface area contributed by atoms with Crippen LogP contribution in [0.4, 0.5) is 0 Å². The SMILES string of the molecule is COc1cc(/C=C2\N=C(c3ccc(C(C)(C)C)cc3)OC2=O)ccc1OC(C)C. The van der Waals surface area contributed by atoms with Crippen LogP contribution in [0.25, 0.3) is 6.08 Å². The van der Waals surface area contributed by atoms with Gasteiger partial charge in [0.15, 0.2) is 17.2 Å². The van der Waals surface area contributed by atoms with Crippen molar-refractivity contribution in [2.24, 2.45) is 4.99 Å². The van der Waals surface area contributed by atoms with Gasteiger partial charge in [-0.25, -0.2) is 9.79 Å². The van der Waals surface area contributed by atoms with E-state index in [1.807, 2.05) is 56.3 Å². The van der Waals surface area contributed by atoms with Crippen LogP contribution < -0.4 is 9.47 Å². The van der Waals surface area contributed by atoms with Crippen molar-refractivity contribution in [3.05, 3.63) is 64.9 Å². The molecule has 0 fully saturated rings. The van der Waals surface area contributed by atoms with Gasteiger partial charge in [-0.2, -0.15) is 0 Å². The van der Waals surface area contributed by atoms with E-state index in [0.29, 0.717) is 17.4 Å². The number of benzene rings is 2. The van der Waals surface area contributed by atoms with Gasteiger partial charge in [-0.1, -0.05) is 39.0 Å². The van der Waals surface area contributed by atoms with E-state index in [-0.39, 0.29) is 17.2 Å². The molecule has 0 unspecified atom stereocenters. The Morgan fingerprint density at radius 1 is 1.03 bits per heavy atom. The number of hydrogen-bond donors (Lipinski definition) is 0. The monoisotopic (exact) mass is 393 g/mol. The molecule has 0 saturated heterocycles. The van der Waals surface area contributed by atoms with Gasteiger partial charge in [0.25, 0.3) is 0 Å². The molecule has 0 amide bonds. The standard InChI is InChI=1S/C24H27NO4/c1-15(2)28-20-12-7-16(14-21(20)27-6)13-19-23(26)29-22(25-19)17-8-10-18(11-9-17)24(3,4)5/h7-15H,1-6H3/b19-13-. The molecule has 29 heavy (non-hydrogen) atoms. The number of carbonyl (C=O) groups excluding carboxylic acids is 1. The Bertz CT molecular complexity index is 963. The van der Waals surface area contributed by atoms with Crippen molar-refractivity contribution in [2.75, 3.05) is 7.11 Å². The molecule has 2 aromatic rings. The number of rotatable bonds is 5. The topological polar surface area (TPSA) is 57.1 Å². The van der Waals surface area contributed by atoms with Gasteiger partial charge < -0.3 is 14.2 Å². The van der Waals surface area contributed by atoms with E-state index in [4.69, 9.17) is 14.2 Å². The van der Waals surface area contributed by atoms with Crippen LogP contribution in [0.15, 0.2) is 53.2 Å². The highest BCUT2D eigenvalue weighted by Gasteiger charge is 2.25. The Labute approximate surface area is 172 Å². The van der Waals surface area contributed by atoms with E-state index >= 15 is 0 Å². The van der Waals surface area contributed by atoms with E-state index in [9.17, 15) is 4.79 Å². The summed E-state index contributed by atoms with van der Waals surface area (Å²) in [6.07, 6.45) is 1.72. The summed E-state index contributed by atoms with van der Waals surface area (Å²) in [5, 5.41) is 0. The van der Waals surface area contributed by atoms with Gasteiger partial charge in [0, 0.05) is 5.56 Å². The third-order valence-corrected chi connectivity index (χ3v) is 4.47. The van der Waals surface area contributed by atoms with E-state index in [1.54, 1.807) is 13.2 Å². The minimum atomic E-state index is -0.471. The van der Waals surface area contributed by atoms with Crippen LogP contribution in [-0.4, -0.2) is 25.1 Å². The van der Waals surface area contributed by atoms with Gasteiger partial charge in [0.05, 0.1) is 13.2 Å². The number of nitrogens with zero attached hydrogens (tertiary/aromatic N) is 1. The van der Waals surface area contributed by atoms with Crippen LogP contribution in [0, 0.1) is 0 Å². The van der Waals surface area contributed by atoms with Crippen molar-refractivity contribution in [3.8, 4) is 11.5 Å². The fraction of sp³-hybridized carbons (Fsp3) is 0.333. The molecule has 152 valence electrons. The maximum Gasteiger partial charge on any atom is 0.363 e. The van der Waals surface area contributed by atoms with Gasteiger partial charge in [0.2, 0.25) is 5.90 Å². The van der Waals surface area contributed by atoms with Crippen molar-refractivity contribution < 1.29 is 19.0 Å². The van der Waals surface area contributed by atoms with E-state index in [1.165, 1.54) is 5.56 Å². The summed E-state index contributed by atoms with van der Waals surface area (Å²) >= 11 is 0. The number of esters is 1. The molecule has 0 aliphatic carbocycles. The molecule has 5 nitrogen and oxygen atoms in total. The number of carbonyl (C=O) groups is 1. The normalized spacial score (nSPS) is 15.5. The molecule has 1 heterocycles. The first-order chi connectivity index (χ1) is 13.7. The quantitative estimate of drug-likeness (QED) is 0.522. The summed E-state index contributed by atoms with van der Waals surface area (Å²) in [4.78, 5) is 16.7. The molecule has 2 aromatic carbocycles. The van der Waals surface area contributed by atoms with Crippen molar-refractivity contribution in [3.63, 3.8) is 0 Å². The zero-order valence-electron chi connectivity index (χ0n) is 17.8. The average molecular weight is 393 g/mol. The van der Waals surface area contributed by atoms with Crippen molar-refractivity contribution in [1.82, 2.24) is 0 Å². The number of cyclic esters (lactones) is 1. The van der Waals surface area contributed by atoms with Crippen molar-refractivity contribution >= 4 is 17.9 Å². The molecule has 1 aliphatic rings. The van der Waals surface area contributed by atoms with Gasteiger partial charge in [-0.3, -0.25) is 0 Å². The summed E-state index contributed by atoms with van der Waals surface area (Å²) in [5.41, 5.74) is 3.06. The second kappa shape index (κ2) is 8.11. The second-order valence-corrected chi connectivity index (χ2v) is 8.24. The number of methoxy groups -OCH3 is 1. The van der Waals surface area contributed by atoms with E-state index < -0.39 is 5.97 Å². The highest BCUT2D eigenvalue weighted by molar-refractivity contribution is 6.12. The van der Waals surface area contributed by atoms with Crippen LogP contribution in [0.5, 0.6) is 11.5 Å². The lowest BCUT2D eigenvalue weighted by atomic mass is 9.87. The minimum Gasteiger partial charge on any atom is -0.493 e. The Kier molecular flexibility index (Phi) is 5.78. The Morgan fingerprint density at radius 2 is 1.72 bits per heavy atom. The molecule has 0 saturated carbocycles. The molecular weight excluding hydrogens is 366 g/mol. The highest BCUT2D eigenvalue weighted by Crippen LogP contribution is 2.30. The van der Waals surface area contributed by atoms with Crippen LogP contribution in [-0.2, 0) is 14.9 Å². The van der Waals surface area contributed by atoms with Gasteiger partial charge in [-0.15, -0.1) is 0 Å². The number of hydrogen-bond acceptors (Lipinski definition) is 5. The fourth-order valence-corrected chi connectivity index (χ4v) is 2.93. The van der Waals surface area contributed by atoms with Crippen LogP contribution in [0.1, 0.15) is 51.3 Å². The summed E-state index contributed by atoms with van der Waals surface area (Å²) in [6.45, 7) is 10.4. The molecule has 0 spiro atoms. The zero-order chi connectivity index (χ0) is 21.2. The largest absolute Gasteiger partial charge is 0.493 e. The smallest absolute Gasteiger partial charge is 0.363 e. The third-order valence-electron chi connectivity index (χ3n) is 4.47. The predicted molar refractivity (Wildman–Crippen MR) is 115 cm³/mol. The summed E-state index contributed by atoms with van der Waals surface area (Å²) in [7, 11) is 1.58. The summed E-state index contributed by atoms with van der Waals surface area (Å²) < 4.78 is 16.5. The second-order valence-electron chi connectivity index (χ2n) is 8.24. The minimum absolute atomic E-state index is 0.0368. The van der Waals surface area contributed by atoms with E-state index in [0.717, 1.165) is 11.1 Å². The van der Waals surface area contributed by atoms with Crippen LogP contribution >= 0.6 is 0 Å². The highest BCUT2D eigenvalue weighted by atomic mass is 16.6. The molecule has 0 radical (unpaired) electrons. The first kappa shape index (κ1) is 20.6. The van der Waals surface area contributed by atoms with Crippen molar-refractivity contribution in [1.29, 1.82) is 0 Å². The van der Waals surface area contributed by atoms with Crippen LogP contribution in [0.2, 0.25) is 0 Å². The van der Waals surface area contributed by atoms with Gasteiger partial charge in [0.1, 0.15) is 0 Å². The number of ether oxygens (including phenoxy) is 3. The number of aliphatic imine (C=N–C) groups is 1. The molecule has 0 N–H and O–H groups in total. The average Bonchev–Trinajstić information content (AvgIpc) is 3.02. The Morgan fingerprint density at radius 3 is 2.31 bits per heavy atom. The summed E-state index contributed by atoms with van der Waals surface area (Å²) in [5.74, 6) is 1.10. The molecule has 0 aromatic heterocycles. The molecule has 5 heteroatoms. The van der Waals surface area contributed by atoms with Crippen LogP contribution in [0.3, 0.4) is 0 Å². The van der Waals surface area contributed by atoms with Gasteiger partial charge in [-0.05, 0) is 60.7 Å². The lowest BCUT2D eigenvalue weighted by Crippen LogP contribution is -2.11. The van der Waals surface area contributed by atoms with Gasteiger partial charge >= 0.3 is 5.97 Å².